The van der Waals surface area contributed by atoms with Gasteiger partial charge in [-0.3, -0.25) is 4.79 Å². The summed E-state index contributed by atoms with van der Waals surface area (Å²) in [6.45, 7) is 2.45. The van der Waals surface area contributed by atoms with Gasteiger partial charge in [0.15, 0.2) is 0 Å². The first-order valence-electron chi connectivity index (χ1n) is 4.07. The summed E-state index contributed by atoms with van der Waals surface area (Å²) in [4.78, 5) is 11.3. The summed E-state index contributed by atoms with van der Waals surface area (Å²) >= 11 is 0. The third-order valence-corrected chi connectivity index (χ3v) is 2.80. The zero-order valence-electron chi connectivity index (χ0n) is 8.02. The van der Waals surface area contributed by atoms with Crippen molar-refractivity contribution in [1.29, 1.82) is 0 Å². The number of aryl methyl sites for hydroxylation is 1. The van der Waals surface area contributed by atoms with Gasteiger partial charge in [0.25, 0.3) is 5.12 Å². The summed E-state index contributed by atoms with van der Waals surface area (Å²) in [6.07, 6.45) is 2.46. The SMILES string of the molecule is CCn1ccc(C(=O)S(C)(=O)=O)c1N. The molecule has 0 atom stereocenters. The molecule has 0 saturated heterocycles. The van der Waals surface area contributed by atoms with E-state index in [1.165, 1.54) is 6.07 Å². The van der Waals surface area contributed by atoms with Crippen molar-refractivity contribution in [2.24, 2.45) is 0 Å². The molecule has 78 valence electrons. The van der Waals surface area contributed by atoms with Gasteiger partial charge < -0.3 is 10.3 Å². The Bertz CT molecular complexity index is 459. The van der Waals surface area contributed by atoms with Crippen LogP contribution in [-0.2, 0) is 16.4 Å². The van der Waals surface area contributed by atoms with E-state index in [2.05, 4.69) is 0 Å². The highest BCUT2D eigenvalue weighted by atomic mass is 32.2. The molecule has 0 radical (unpaired) electrons. The number of nitrogens with two attached hydrogens (primary N) is 1. The van der Waals surface area contributed by atoms with Crippen LogP contribution >= 0.6 is 0 Å². The number of rotatable bonds is 2. The Morgan fingerprint density at radius 2 is 2.14 bits per heavy atom. The average Bonchev–Trinajstić information content (AvgIpc) is 2.43. The molecule has 0 fully saturated rings. The van der Waals surface area contributed by atoms with Crippen molar-refractivity contribution in [3.05, 3.63) is 17.8 Å². The molecule has 5 nitrogen and oxygen atoms in total. The first-order chi connectivity index (χ1) is 6.38. The van der Waals surface area contributed by atoms with Crippen LogP contribution in [0.5, 0.6) is 0 Å². The molecule has 0 saturated carbocycles. The molecule has 2 N–H and O–H groups in total. The Morgan fingerprint density at radius 1 is 1.57 bits per heavy atom. The lowest BCUT2D eigenvalue weighted by Crippen LogP contribution is -2.14. The fourth-order valence-electron chi connectivity index (χ4n) is 1.13. The quantitative estimate of drug-likeness (QED) is 0.769. The van der Waals surface area contributed by atoms with E-state index in [1.54, 1.807) is 10.8 Å². The monoisotopic (exact) mass is 216 g/mol. The number of sulfone groups is 1. The Hall–Kier alpha value is -1.30. The first kappa shape index (κ1) is 10.8. The minimum absolute atomic E-state index is 0.0503. The molecule has 0 aliphatic carbocycles. The van der Waals surface area contributed by atoms with Crippen molar-refractivity contribution >= 4 is 20.8 Å². The highest BCUT2D eigenvalue weighted by molar-refractivity contribution is 8.06. The predicted molar refractivity (Wildman–Crippen MR) is 53.7 cm³/mol. The minimum Gasteiger partial charge on any atom is -0.384 e. The summed E-state index contributed by atoms with van der Waals surface area (Å²) in [5, 5.41) is -0.929. The van der Waals surface area contributed by atoms with Crippen molar-refractivity contribution < 1.29 is 13.2 Å². The summed E-state index contributed by atoms with van der Waals surface area (Å²) in [7, 11) is -3.71. The van der Waals surface area contributed by atoms with Crippen LogP contribution in [0.4, 0.5) is 5.82 Å². The van der Waals surface area contributed by atoms with Gasteiger partial charge in [-0.1, -0.05) is 0 Å². The molecular weight excluding hydrogens is 204 g/mol. The molecule has 0 bridgehead atoms. The van der Waals surface area contributed by atoms with E-state index < -0.39 is 15.0 Å². The van der Waals surface area contributed by atoms with Crippen LogP contribution in [0.2, 0.25) is 0 Å². The number of nitrogens with zero attached hydrogens (tertiary/aromatic N) is 1. The van der Waals surface area contributed by atoms with Gasteiger partial charge in [0.2, 0.25) is 9.84 Å². The lowest BCUT2D eigenvalue weighted by molar-refractivity contribution is 0.107. The van der Waals surface area contributed by atoms with Crippen LogP contribution in [0.25, 0.3) is 0 Å². The van der Waals surface area contributed by atoms with Crippen molar-refractivity contribution in [1.82, 2.24) is 4.57 Å². The molecule has 0 unspecified atom stereocenters. The largest absolute Gasteiger partial charge is 0.384 e. The molecule has 0 spiro atoms. The molecular formula is C8H12N2O3S. The third kappa shape index (κ3) is 1.79. The molecule has 14 heavy (non-hydrogen) atoms. The van der Waals surface area contributed by atoms with Gasteiger partial charge in [-0.25, -0.2) is 8.42 Å². The maximum Gasteiger partial charge on any atom is 0.280 e. The number of nitrogen functional groups attached to an aromatic ring is 1. The van der Waals surface area contributed by atoms with E-state index in [0.717, 1.165) is 6.26 Å². The second kappa shape index (κ2) is 3.45. The number of carbonyl (C=O) groups is 1. The van der Waals surface area contributed by atoms with Crippen molar-refractivity contribution in [3.63, 3.8) is 0 Å². The molecule has 1 heterocycles. The Kier molecular flexibility index (Phi) is 2.66. The van der Waals surface area contributed by atoms with E-state index >= 15 is 0 Å². The molecule has 1 aromatic heterocycles. The van der Waals surface area contributed by atoms with Crippen LogP contribution in [0, 0.1) is 0 Å². The molecule has 0 aliphatic heterocycles. The number of aromatic nitrogens is 1. The second-order valence-electron chi connectivity index (χ2n) is 2.96. The third-order valence-electron chi connectivity index (χ3n) is 1.90. The van der Waals surface area contributed by atoms with E-state index in [0.29, 0.717) is 6.54 Å². The zero-order valence-corrected chi connectivity index (χ0v) is 8.84. The number of hydrogen-bond donors (Lipinski definition) is 1. The van der Waals surface area contributed by atoms with Crippen molar-refractivity contribution in [2.45, 2.75) is 13.5 Å². The number of anilines is 1. The summed E-state index contributed by atoms with van der Waals surface area (Å²) in [5.74, 6) is 0.197. The highest BCUT2D eigenvalue weighted by Gasteiger charge is 2.22. The zero-order chi connectivity index (χ0) is 10.9. The number of hydrogen-bond acceptors (Lipinski definition) is 4. The van der Waals surface area contributed by atoms with E-state index in [1.807, 2.05) is 6.92 Å². The van der Waals surface area contributed by atoms with E-state index in [-0.39, 0.29) is 11.4 Å². The topological polar surface area (TPSA) is 82.2 Å². The Morgan fingerprint density at radius 3 is 2.50 bits per heavy atom. The fraction of sp³-hybridized carbons (Fsp3) is 0.375. The van der Waals surface area contributed by atoms with E-state index in [4.69, 9.17) is 5.73 Å². The normalized spacial score (nSPS) is 11.6. The van der Waals surface area contributed by atoms with Gasteiger partial charge in [-0.2, -0.15) is 0 Å². The van der Waals surface area contributed by atoms with Gasteiger partial charge in [0.1, 0.15) is 5.82 Å². The molecule has 0 aromatic carbocycles. The van der Waals surface area contributed by atoms with Crippen LogP contribution in [-0.4, -0.2) is 24.4 Å². The highest BCUT2D eigenvalue weighted by Crippen LogP contribution is 2.16. The summed E-state index contributed by atoms with van der Waals surface area (Å²) < 4.78 is 23.5. The Labute approximate surface area is 82.4 Å². The van der Waals surface area contributed by atoms with Crippen molar-refractivity contribution in [2.75, 3.05) is 12.0 Å². The van der Waals surface area contributed by atoms with Gasteiger partial charge in [0.05, 0.1) is 5.56 Å². The average molecular weight is 216 g/mol. The standard InChI is InChI=1S/C8H12N2O3S/c1-3-10-5-4-6(7(10)9)8(11)14(2,12)13/h4-5H,3,9H2,1-2H3. The van der Waals surface area contributed by atoms with Crippen molar-refractivity contribution in [3.8, 4) is 0 Å². The Balaban J connectivity index is 3.22. The first-order valence-corrected chi connectivity index (χ1v) is 5.96. The fourth-order valence-corrected chi connectivity index (χ4v) is 1.71. The summed E-state index contributed by atoms with van der Waals surface area (Å²) in [6, 6.07) is 1.42. The van der Waals surface area contributed by atoms with E-state index in [9.17, 15) is 13.2 Å². The lowest BCUT2D eigenvalue weighted by Gasteiger charge is -2.02. The maximum absolute atomic E-state index is 11.3. The predicted octanol–water partition coefficient (Wildman–Crippen LogP) is 0.275. The lowest BCUT2D eigenvalue weighted by atomic mass is 10.3. The molecule has 0 aliphatic rings. The summed E-state index contributed by atoms with van der Waals surface area (Å²) in [5.41, 5.74) is 5.64. The van der Waals surface area contributed by atoms with Gasteiger partial charge >= 0.3 is 0 Å². The van der Waals surface area contributed by atoms with Gasteiger partial charge in [-0.15, -0.1) is 0 Å². The molecule has 1 rings (SSSR count). The minimum atomic E-state index is -3.71. The van der Waals surface area contributed by atoms with Gasteiger partial charge in [-0.05, 0) is 13.0 Å². The smallest absolute Gasteiger partial charge is 0.280 e. The van der Waals surface area contributed by atoms with Crippen LogP contribution in [0.3, 0.4) is 0 Å². The van der Waals surface area contributed by atoms with Crippen LogP contribution in [0.15, 0.2) is 12.3 Å². The van der Waals surface area contributed by atoms with Gasteiger partial charge in [0, 0.05) is 19.0 Å². The maximum atomic E-state index is 11.3. The van der Waals surface area contributed by atoms with Crippen LogP contribution in [0.1, 0.15) is 17.3 Å². The molecule has 1 aromatic rings. The number of carbonyl (C=O) groups excluding carboxylic acids is 1. The molecule has 0 amide bonds. The molecule has 6 heteroatoms. The van der Waals surface area contributed by atoms with Crippen LogP contribution < -0.4 is 5.73 Å². The second-order valence-corrected chi connectivity index (χ2v) is 4.88.